The highest BCUT2D eigenvalue weighted by Crippen LogP contribution is 2.22. The topological polar surface area (TPSA) is 26.3 Å². The molecule has 0 N–H and O–H groups in total. The summed E-state index contributed by atoms with van der Waals surface area (Å²) in [5.74, 6) is 0.0633. The van der Waals surface area contributed by atoms with Gasteiger partial charge in [-0.05, 0) is 29.7 Å². The summed E-state index contributed by atoms with van der Waals surface area (Å²) in [7, 11) is 0. The summed E-state index contributed by atoms with van der Waals surface area (Å²) < 4.78 is 28.0. The van der Waals surface area contributed by atoms with Crippen LogP contribution in [0.2, 0.25) is 0 Å². The summed E-state index contributed by atoms with van der Waals surface area (Å²) in [5.41, 5.74) is 0.427. The highest BCUT2D eigenvalue weighted by molar-refractivity contribution is 5.96. The molecule has 94 valence electrons. The number of ketones is 1. The lowest BCUT2D eigenvalue weighted by atomic mass is 9.88. The molecule has 0 unspecified atom stereocenters. The molecule has 0 saturated carbocycles. The van der Waals surface area contributed by atoms with Crippen LogP contribution in [0.15, 0.2) is 24.3 Å². The minimum absolute atomic E-state index is 0.00102. The van der Waals surface area contributed by atoms with Crippen molar-refractivity contribution in [3.8, 4) is 5.75 Å². The summed E-state index contributed by atoms with van der Waals surface area (Å²) in [4.78, 5) is 11.8. The van der Waals surface area contributed by atoms with Gasteiger partial charge in [-0.2, -0.15) is 8.78 Å². The maximum absolute atomic E-state index is 11.9. The molecular weight excluding hydrogens is 226 g/mol. The number of halogens is 2. The van der Waals surface area contributed by atoms with E-state index in [0.717, 1.165) is 0 Å². The Morgan fingerprint density at radius 3 is 2.18 bits per heavy atom. The number of carbonyl (C=O) groups is 1. The summed E-state index contributed by atoms with van der Waals surface area (Å²) in [6.45, 7) is 3.07. The molecule has 0 fully saturated rings. The van der Waals surface area contributed by atoms with E-state index < -0.39 is 6.61 Å². The van der Waals surface area contributed by atoms with Crippen LogP contribution in [-0.4, -0.2) is 12.4 Å². The van der Waals surface area contributed by atoms with Gasteiger partial charge in [0.15, 0.2) is 5.78 Å². The van der Waals surface area contributed by atoms with Crippen molar-refractivity contribution in [1.29, 1.82) is 0 Å². The Hall–Kier alpha value is -1.45. The van der Waals surface area contributed by atoms with Gasteiger partial charge in [0.2, 0.25) is 0 Å². The first-order valence-electron chi connectivity index (χ1n) is 5.36. The average molecular weight is 242 g/mol. The molecule has 1 aromatic rings. The second-order valence-electron chi connectivity index (χ2n) is 5.06. The van der Waals surface area contributed by atoms with Crippen molar-refractivity contribution in [2.45, 2.75) is 33.8 Å². The standard InChI is InChI=1S/C13H16F2O2/c1-13(2,3)8-11(16)9-4-6-10(7-5-9)17-12(14)15/h4-7,12H,8H2,1-3H3. The van der Waals surface area contributed by atoms with E-state index in [-0.39, 0.29) is 16.9 Å². The van der Waals surface area contributed by atoms with Gasteiger partial charge in [0.1, 0.15) is 5.75 Å². The Morgan fingerprint density at radius 2 is 1.76 bits per heavy atom. The fourth-order valence-electron chi connectivity index (χ4n) is 1.41. The Kier molecular flexibility index (Phi) is 4.21. The summed E-state index contributed by atoms with van der Waals surface area (Å²) in [6, 6.07) is 5.77. The van der Waals surface area contributed by atoms with E-state index in [9.17, 15) is 13.6 Å². The average Bonchev–Trinajstić information content (AvgIpc) is 2.15. The number of hydrogen-bond acceptors (Lipinski definition) is 2. The van der Waals surface area contributed by atoms with Crippen LogP contribution >= 0.6 is 0 Å². The van der Waals surface area contributed by atoms with Gasteiger partial charge in [-0.1, -0.05) is 20.8 Å². The molecule has 0 atom stereocenters. The third kappa shape index (κ3) is 4.93. The van der Waals surface area contributed by atoms with Crippen molar-refractivity contribution in [2.24, 2.45) is 5.41 Å². The smallest absolute Gasteiger partial charge is 0.387 e. The van der Waals surface area contributed by atoms with Crippen LogP contribution in [0.5, 0.6) is 5.75 Å². The van der Waals surface area contributed by atoms with Gasteiger partial charge in [-0.25, -0.2) is 0 Å². The van der Waals surface area contributed by atoms with Crippen molar-refractivity contribution < 1.29 is 18.3 Å². The number of rotatable bonds is 4. The predicted octanol–water partition coefficient (Wildman–Crippen LogP) is 3.91. The molecule has 0 radical (unpaired) electrons. The fraction of sp³-hybridized carbons (Fsp3) is 0.462. The molecule has 4 heteroatoms. The van der Waals surface area contributed by atoms with E-state index in [1.54, 1.807) is 0 Å². The van der Waals surface area contributed by atoms with Crippen LogP contribution in [0.25, 0.3) is 0 Å². The van der Waals surface area contributed by atoms with E-state index in [4.69, 9.17) is 0 Å². The number of hydrogen-bond donors (Lipinski definition) is 0. The number of benzene rings is 1. The van der Waals surface area contributed by atoms with Crippen LogP contribution in [0, 0.1) is 5.41 Å². The molecular formula is C13H16F2O2. The van der Waals surface area contributed by atoms with Gasteiger partial charge < -0.3 is 4.74 Å². The zero-order valence-electron chi connectivity index (χ0n) is 10.2. The third-order valence-electron chi connectivity index (χ3n) is 2.09. The molecule has 0 aliphatic carbocycles. The van der Waals surface area contributed by atoms with Crippen molar-refractivity contribution in [1.82, 2.24) is 0 Å². The Balaban J connectivity index is 2.71. The number of Topliss-reactive ketones (excluding diaryl/α,β-unsaturated/α-hetero) is 1. The van der Waals surface area contributed by atoms with Crippen LogP contribution in [-0.2, 0) is 0 Å². The number of alkyl halides is 2. The van der Waals surface area contributed by atoms with E-state index in [2.05, 4.69) is 4.74 Å². The number of ether oxygens (including phenoxy) is 1. The maximum atomic E-state index is 11.9. The lowest BCUT2D eigenvalue weighted by Crippen LogP contribution is -2.13. The maximum Gasteiger partial charge on any atom is 0.387 e. The number of carbonyl (C=O) groups excluding carboxylic acids is 1. The fourth-order valence-corrected chi connectivity index (χ4v) is 1.41. The summed E-state index contributed by atoms with van der Waals surface area (Å²) in [6.07, 6.45) is 0.419. The van der Waals surface area contributed by atoms with Gasteiger partial charge in [-0.15, -0.1) is 0 Å². The molecule has 0 aliphatic rings. The highest BCUT2D eigenvalue weighted by atomic mass is 19.3. The van der Waals surface area contributed by atoms with Gasteiger partial charge in [0, 0.05) is 12.0 Å². The van der Waals surface area contributed by atoms with E-state index in [1.807, 2.05) is 20.8 Å². The van der Waals surface area contributed by atoms with Gasteiger partial charge >= 0.3 is 6.61 Å². The summed E-state index contributed by atoms with van der Waals surface area (Å²) >= 11 is 0. The third-order valence-corrected chi connectivity index (χ3v) is 2.09. The van der Waals surface area contributed by atoms with Crippen LogP contribution in [0.4, 0.5) is 8.78 Å². The molecule has 1 rings (SSSR count). The first-order valence-corrected chi connectivity index (χ1v) is 5.36. The van der Waals surface area contributed by atoms with Crippen molar-refractivity contribution in [3.63, 3.8) is 0 Å². The molecule has 0 aliphatic heterocycles. The van der Waals surface area contributed by atoms with E-state index >= 15 is 0 Å². The van der Waals surface area contributed by atoms with Crippen molar-refractivity contribution >= 4 is 5.78 Å². The monoisotopic (exact) mass is 242 g/mol. The molecule has 17 heavy (non-hydrogen) atoms. The Bertz CT molecular complexity index is 377. The molecule has 0 aromatic heterocycles. The predicted molar refractivity (Wildman–Crippen MR) is 61.5 cm³/mol. The summed E-state index contributed by atoms with van der Waals surface area (Å²) in [5, 5.41) is 0. The van der Waals surface area contributed by atoms with Gasteiger partial charge in [-0.3, -0.25) is 4.79 Å². The second-order valence-corrected chi connectivity index (χ2v) is 5.06. The quantitative estimate of drug-likeness (QED) is 0.748. The van der Waals surface area contributed by atoms with Crippen LogP contribution in [0.3, 0.4) is 0 Å². The van der Waals surface area contributed by atoms with Crippen molar-refractivity contribution in [2.75, 3.05) is 0 Å². The van der Waals surface area contributed by atoms with Gasteiger partial charge in [0.05, 0.1) is 0 Å². The SMILES string of the molecule is CC(C)(C)CC(=O)c1ccc(OC(F)F)cc1. The van der Waals surface area contributed by atoms with Crippen molar-refractivity contribution in [3.05, 3.63) is 29.8 Å². The molecule has 0 heterocycles. The second kappa shape index (κ2) is 5.25. The first kappa shape index (κ1) is 13.6. The Morgan fingerprint density at radius 1 is 1.24 bits per heavy atom. The molecule has 2 nitrogen and oxygen atoms in total. The lowest BCUT2D eigenvalue weighted by molar-refractivity contribution is -0.0498. The van der Waals surface area contributed by atoms with E-state index in [1.165, 1.54) is 24.3 Å². The minimum Gasteiger partial charge on any atom is -0.435 e. The van der Waals surface area contributed by atoms with Crippen LogP contribution in [0.1, 0.15) is 37.6 Å². The Labute approximate surface area is 99.6 Å². The molecule has 1 aromatic carbocycles. The molecule has 0 amide bonds. The zero-order chi connectivity index (χ0) is 13.1. The minimum atomic E-state index is -2.84. The normalized spacial score (nSPS) is 11.6. The molecule has 0 bridgehead atoms. The van der Waals surface area contributed by atoms with Gasteiger partial charge in [0.25, 0.3) is 0 Å². The molecule has 0 spiro atoms. The zero-order valence-corrected chi connectivity index (χ0v) is 10.2. The van der Waals surface area contributed by atoms with Crippen LogP contribution < -0.4 is 4.74 Å². The largest absolute Gasteiger partial charge is 0.435 e. The lowest BCUT2D eigenvalue weighted by Gasteiger charge is -2.16. The molecule has 0 saturated heterocycles. The first-order chi connectivity index (χ1) is 7.78. The highest BCUT2D eigenvalue weighted by Gasteiger charge is 2.17. The van der Waals surface area contributed by atoms with E-state index in [0.29, 0.717) is 12.0 Å².